The molecule has 2 N–H and O–H groups in total. The van der Waals surface area contributed by atoms with Crippen LogP contribution in [0.3, 0.4) is 0 Å². The Labute approximate surface area is 120 Å². The Morgan fingerprint density at radius 3 is 2.60 bits per heavy atom. The lowest BCUT2D eigenvalue weighted by Crippen LogP contribution is -2.15. The third-order valence-electron chi connectivity index (χ3n) is 4.75. The largest absolute Gasteiger partial charge is 0.384 e. The highest BCUT2D eigenvalue weighted by atomic mass is 32.2. The average molecular weight is 297 g/mol. The lowest BCUT2D eigenvalue weighted by molar-refractivity contribution is 0.493. The van der Waals surface area contributed by atoms with Gasteiger partial charge in [-0.1, -0.05) is 13.8 Å². The van der Waals surface area contributed by atoms with Crippen LogP contribution in [0.2, 0.25) is 0 Å². The molecular weight excluding hydrogens is 274 g/mol. The fraction of sp³-hybridized carbons (Fsp3) is 0.786. The molecule has 6 heteroatoms. The van der Waals surface area contributed by atoms with Crippen LogP contribution in [0.4, 0.5) is 5.82 Å². The van der Waals surface area contributed by atoms with E-state index in [4.69, 9.17) is 10.8 Å². The highest BCUT2D eigenvalue weighted by Crippen LogP contribution is 2.44. The number of hydrogen-bond donors (Lipinski definition) is 1. The van der Waals surface area contributed by atoms with Crippen molar-refractivity contribution in [3.8, 4) is 0 Å². The Bertz CT molecular complexity index is 617. The summed E-state index contributed by atoms with van der Waals surface area (Å²) in [6.45, 7) is 4.31. The molecule has 2 heterocycles. The van der Waals surface area contributed by atoms with Crippen LogP contribution in [0.5, 0.6) is 0 Å². The Hall–Kier alpha value is -1.04. The smallest absolute Gasteiger partial charge is 0.152 e. The predicted molar refractivity (Wildman–Crippen MR) is 79.5 cm³/mol. The second kappa shape index (κ2) is 4.76. The number of nitrogens with zero attached hydrogens (tertiary/aromatic N) is 2. The molecule has 20 heavy (non-hydrogen) atoms. The van der Waals surface area contributed by atoms with Gasteiger partial charge in [0.05, 0.1) is 23.2 Å². The Balaban J connectivity index is 1.95. The lowest BCUT2D eigenvalue weighted by atomic mass is 9.97. The zero-order chi connectivity index (χ0) is 14.5. The Morgan fingerprint density at radius 1 is 1.40 bits per heavy atom. The fourth-order valence-electron chi connectivity index (χ4n) is 3.29. The molecular formula is C14H23N3O2S. The molecule has 0 radical (unpaired) electrons. The second-order valence-corrected chi connectivity index (χ2v) is 8.46. The lowest BCUT2D eigenvalue weighted by Gasteiger charge is -2.10. The van der Waals surface area contributed by atoms with Gasteiger partial charge >= 0.3 is 0 Å². The molecule has 1 saturated heterocycles. The van der Waals surface area contributed by atoms with E-state index in [1.54, 1.807) is 4.68 Å². The van der Waals surface area contributed by atoms with E-state index in [1.807, 2.05) is 0 Å². The van der Waals surface area contributed by atoms with Gasteiger partial charge in [-0.3, -0.25) is 0 Å². The molecule has 0 aromatic carbocycles. The van der Waals surface area contributed by atoms with E-state index in [1.165, 1.54) is 12.8 Å². The number of aromatic nitrogens is 2. The van der Waals surface area contributed by atoms with Gasteiger partial charge in [0, 0.05) is 11.5 Å². The van der Waals surface area contributed by atoms with Crippen molar-refractivity contribution in [2.75, 3.05) is 17.2 Å². The summed E-state index contributed by atoms with van der Waals surface area (Å²) in [5.74, 6) is 2.28. The molecule has 3 rings (SSSR count). The molecule has 0 spiro atoms. The summed E-state index contributed by atoms with van der Waals surface area (Å²) >= 11 is 0. The standard InChI is InChI=1S/C14H23N3O2S/c1-3-12-13(9(2)10-4-5-10)16-17(14(12)15)11-6-7-20(18,19)8-11/h9-11H,3-8,15H2,1-2H3. The van der Waals surface area contributed by atoms with Crippen LogP contribution >= 0.6 is 0 Å². The zero-order valence-corrected chi connectivity index (χ0v) is 13.0. The van der Waals surface area contributed by atoms with Crippen molar-refractivity contribution in [2.24, 2.45) is 5.92 Å². The molecule has 1 aromatic rings. The first-order valence-electron chi connectivity index (χ1n) is 7.50. The molecule has 1 aromatic heterocycles. The van der Waals surface area contributed by atoms with Crippen molar-refractivity contribution >= 4 is 15.7 Å². The number of rotatable bonds is 4. The SMILES string of the molecule is CCc1c(C(C)C2CC2)nn(C2CCS(=O)(=O)C2)c1N. The Kier molecular flexibility index (Phi) is 3.31. The van der Waals surface area contributed by atoms with Gasteiger partial charge in [0.1, 0.15) is 5.82 Å². The molecule has 112 valence electrons. The van der Waals surface area contributed by atoms with E-state index >= 15 is 0 Å². The molecule has 0 bridgehead atoms. The summed E-state index contributed by atoms with van der Waals surface area (Å²) in [6.07, 6.45) is 4.04. The van der Waals surface area contributed by atoms with Gasteiger partial charge in [0.25, 0.3) is 0 Å². The number of nitrogens with two attached hydrogens (primary N) is 1. The summed E-state index contributed by atoms with van der Waals surface area (Å²) in [4.78, 5) is 0. The molecule has 2 atom stereocenters. The van der Waals surface area contributed by atoms with E-state index in [0.717, 1.165) is 23.6 Å². The predicted octanol–water partition coefficient (Wildman–Crippen LogP) is 1.90. The van der Waals surface area contributed by atoms with Crippen LogP contribution in [-0.2, 0) is 16.3 Å². The van der Waals surface area contributed by atoms with Crippen LogP contribution in [0.1, 0.15) is 56.3 Å². The zero-order valence-electron chi connectivity index (χ0n) is 12.2. The third-order valence-corrected chi connectivity index (χ3v) is 6.50. The number of sulfone groups is 1. The van der Waals surface area contributed by atoms with E-state index in [0.29, 0.717) is 18.2 Å². The summed E-state index contributed by atoms with van der Waals surface area (Å²) in [5, 5.41) is 4.72. The maximum atomic E-state index is 11.7. The average Bonchev–Trinajstić information content (AvgIpc) is 3.10. The highest BCUT2D eigenvalue weighted by molar-refractivity contribution is 7.91. The molecule has 5 nitrogen and oxygen atoms in total. The highest BCUT2D eigenvalue weighted by Gasteiger charge is 2.36. The molecule has 1 saturated carbocycles. The van der Waals surface area contributed by atoms with Crippen molar-refractivity contribution < 1.29 is 8.42 Å². The van der Waals surface area contributed by atoms with Gasteiger partial charge in [0.2, 0.25) is 0 Å². The second-order valence-electron chi connectivity index (χ2n) is 6.23. The van der Waals surface area contributed by atoms with E-state index in [9.17, 15) is 8.42 Å². The number of nitrogen functional groups attached to an aromatic ring is 1. The molecule has 0 amide bonds. The van der Waals surface area contributed by atoms with Gasteiger partial charge in [-0.2, -0.15) is 5.10 Å². The van der Waals surface area contributed by atoms with Crippen LogP contribution < -0.4 is 5.73 Å². The van der Waals surface area contributed by atoms with Crippen molar-refractivity contribution in [3.63, 3.8) is 0 Å². The summed E-state index contributed by atoms with van der Waals surface area (Å²) in [5.41, 5.74) is 8.46. The molecule has 2 unspecified atom stereocenters. The Morgan fingerprint density at radius 2 is 2.10 bits per heavy atom. The van der Waals surface area contributed by atoms with Crippen LogP contribution in [0.15, 0.2) is 0 Å². The van der Waals surface area contributed by atoms with E-state index < -0.39 is 9.84 Å². The van der Waals surface area contributed by atoms with Gasteiger partial charge in [-0.05, 0) is 31.6 Å². The maximum Gasteiger partial charge on any atom is 0.152 e. The number of anilines is 1. The van der Waals surface area contributed by atoms with Gasteiger partial charge in [-0.15, -0.1) is 0 Å². The summed E-state index contributed by atoms with van der Waals surface area (Å²) < 4.78 is 25.1. The fourth-order valence-corrected chi connectivity index (χ4v) is 4.99. The number of hydrogen-bond acceptors (Lipinski definition) is 4. The molecule has 1 aliphatic carbocycles. The monoisotopic (exact) mass is 297 g/mol. The minimum Gasteiger partial charge on any atom is -0.384 e. The van der Waals surface area contributed by atoms with E-state index in [2.05, 4.69) is 13.8 Å². The minimum absolute atomic E-state index is 0.0783. The van der Waals surface area contributed by atoms with E-state index in [-0.39, 0.29) is 17.5 Å². The van der Waals surface area contributed by atoms with Gasteiger partial charge < -0.3 is 5.73 Å². The van der Waals surface area contributed by atoms with Gasteiger partial charge in [0.15, 0.2) is 9.84 Å². The first kappa shape index (κ1) is 13.9. The molecule has 2 aliphatic rings. The summed E-state index contributed by atoms with van der Waals surface area (Å²) in [7, 11) is -2.91. The first-order valence-corrected chi connectivity index (χ1v) is 9.32. The molecule has 1 aliphatic heterocycles. The van der Waals surface area contributed by atoms with Crippen LogP contribution in [0.25, 0.3) is 0 Å². The van der Waals surface area contributed by atoms with Crippen LogP contribution in [0, 0.1) is 5.92 Å². The van der Waals surface area contributed by atoms with Crippen molar-refractivity contribution in [3.05, 3.63) is 11.3 Å². The normalized spacial score (nSPS) is 26.8. The molecule has 2 fully saturated rings. The minimum atomic E-state index is -2.91. The maximum absolute atomic E-state index is 11.7. The van der Waals surface area contributed by atoms with Crippen molar-refractivity contribution in [1.82, 2.24) is 9.78 Å². The van der Waals surface area contributed by atoms with Crippen molar-refractivity contribution in [2.45, 2.75) is 51.5 Å². The van der Waals surface area contributed by atoms with Gasteiger partial charge in [-0.25, -0.2) is 13.1 Å². The van der Waals surface area contributed by atoms with Crippen LogP contribution in [-0.4, -0.2) is 29.7 Å². The summed E-state index contributed by atoms with van der Waals surface area (Å²) in [6, 6.07) is -0.0783. The quantitative estimate of drug-likeness (QED) is 0.920. The third kappa shape index (κ3) is 2.34. The van der Waals surface area contributed by atoms with Crippen molar-refractivity contribution in [1.29, 1.82) is 0 Å². The topological polar surface area (TPSA) is 78.0 Å². The first-order chi connectivity index (χ1) is 9.43.